The first-order chi connectivity index (χ1) is 29.7. The summed E-state index contributed by atoms with van der Waals surface area (Å²) in [7, 11) is 0. The molecule has 10 rings (SSSR count). The van der Waals surface area contributed by atoms with E-state index in [0.717, 1.165) is 34.0 Å². The molecule has 0 amide bonds. The Labute approximate surface area is 294 Å². The summed E-state index contributed by atoms with van der Waals surface area (Å²) in [4.78, 5) is 21.2. The van der Waals surface area contributed by atoms with E-state index < -0.39 is 120 Å². The summed E-state index contributed by atoms with van der Waals surface area (Å²) in [6, 6.07) is -8.27. The molecule has 2 unspecified atom stereocenters. The van der Waals surface area contributed by atoms with Crippen LogP contribution in [0.1, 0.15) is 67.0 Å². The lowest BCUT2D eigenvalue weighted by molar-refractivity contribution is 0.193. The van der Waals surface area contributed by atoms with Crippen LogP contribution in [-0.2, 0) is 5.41 Å². The molecule has 7 heteroatoms. The van der Waals surface area contributed by atoms with Crippen LogP contribution < -0.4 is 4.90 Å². The zero-order chi connectivity index (χ0) is 45.3. The van der Waals surface area contributed by atoms with Gasteiger partial charge in [0.1, 0.15) is 0 Å². The van der Waals surface area contributed by atoms with Crippen LogP contribution >= 0.6 is 0 Å². The number of para-hydroxylation sites is 4. The lowest BCUT2D eigenvalue weighted by Crippen LogP contribution is -2.55. The Morgan fingerprint density at radius 3 is 1.55 bits per heavy atom. The smallest absolute Gasteiger partial charge is 0.241 e. The number of benzene rings is 4. The largest absolute Gasteiger partial charge is 0.302 e. The molecule has 2 atom stereocenters. The van der Waals surface area contributed by atoms with Crippen molar-refractivity contribution in [2.75, 3.05) is 4.90 Å². The third-order valence-electron chi connectivity index (χ3n) is 10.2. The second-order valence-electron chi connectivity index (χ2n) is 12.3. The number of aromatic nitrogens is 6. The molecule has 1 aliphatic carbocycles. The quantitative estimate of drug-likeness (QED) is 0.195. The number of pyridine rings is 1. The van der Waals surface area contributed by atoms with Gasteiger partial charge >= 0.3 is 0 Å². The predicted molar refractivity (Wildman–Crippen MR) is 189 cm³/mol. The lowest BCUT2D eigenvalue weighted by Gasteiger charge is -2.49. The third kappa shape index (κ3) is 3.46. The van der Waals surface area contributed by atoms with Crippen LogP contribution in [0.3, 0.4) is 0 Å². The summed E-state index contributed by atoms with van der Waals surface area (Å²) in [6.45, 7) is 4.18. The van der Waals surface area contributed by atoms with Gasteiger partial charge in [-0.1, -0.05) is 92.3 Å². The number of fused-ring (bicyclic) bond motifs is 9. The molecule has 8 aromatic rings. The van der Waals surface area contributed by atoms with Crippen LogP contribution in [0, 0.1) is 0 Å². The molecule has 0 radical (unpaired) electrons. The zero-order valence-electron chi connectivity index (χ0n) is 41.2. The zero-order valence-corrected chi connectivity index (χ0v) is 25.2. The summed E-state index contributed by atoms with van der Waals surface area (Å²) in [6.07, 6.45) is 6.46. The number of rotatable bonds is 3. The average Bonchev–Trinajstić information content (AvgIpc) is 3.89. The van der Waals surface area contributed by atoms with Gasteiger partial charge < -0.3 is 4.90 Å². The van der Waals surface area contributed by atoms with Crippen molar-refractivity contribution < 1.29 is 21.9 Å². The standard InChI is InChI=1S/C40H33N7/c1-39-22-11-12-23-40(39,2)47(35-25-41-24-21-30(35)39)38-43-36(45-31-17-7-3-13-26(31)27-14-4-8-18-32(27)45)42-37(44-38)46-33-19-9-5-15-28(33)29-16-6-10-20-34(29)46/h3-10,13-21,24-25H,11-12,22-23H2,1-2H3/i3D,4D,5D,6D,7D,8D,9D,10D,13D,14D,15D,16D,17D,18D,19D,20D. The topological polar surface area (TPSA) is 64.7 Å². The molecule has 7 nitrogen and oxygen atoms in total. The van der Waals surface area contributed by atoms with E-state index in [1.54, 1.807) is 12.4 Å². The normalized spacial score (nSPS) is 25.5. The van der Waals surface area contributed by atoms with E-state index in [0.29, 0.717) is 12.1 Å². The van der Waals surface area contributed by atoms with Gasteiger partial charge in [0.25, 0.3) is 0 Å². The predicted octanol–water partition coefficient (Wildman–Crippen LogP) is 9.20. The van der Waals surface area contributed by atoms with Gasteiger partial charge in [-0.2, -0.15) is 15.0 Å². The molecule has 5 heterocycles. The molecule has 0 saturated heterocycles. The highest BCUT2D eigenvalue weighted by Crippen LogP contribution is 2.60. The van der Waals surface area contributed by atoms with E-state index >= 15 is 0 Å². The van der Waals surface area contributed by atoms with Gasteiger partial charge in [-0.25, -0.2) is 0 Å². The Hall–Kier alpha value is -5.56. The van der Waals surface area contributed by atoms with Gasteiger partial charge in [0.2, 0.25) is 17.8 Å². The van der Waals surface area contributed by atoms with Crippen LogP contribution in [-0.4, -0.2) is 34.6 Å². The van der Waals surface area contributed by atoms with Gasteiger partial charge in [-0.05, 0) is 55.6 Å². The van der Waals surface area contributed by atoms with Crippen molar-refractivity contribution in [3.63, 3.8) is 0 Å². The number of anilines is 2. The van der Waals surface area contributed by atoms with Gasteiger partial charge in [-0.3, -0.25) is 14.1 Å². The average molecular weight is 628 g/mol. The van der Waals surface area contributed by atoms with Crippen molar-refractivity contribution in [3.8, 4) is 11.9 Å². The Kier molecular flexibility index (Phi) is 3.10. The first-order valence-corrected chi connectivity index (χ1v) is 15.2. The Bertz CT molecular complexity index is 3110. The van der Waals surface area contributed by atoms with E-state index in [-0.39, 0.29) is 49.6 Å². The van der Waals surface area contributed by atoms with Gasteiger partial charge in [-0.15, -0.1) is 0 Å². The Morgan fingerprint density at radius 2 is 1.04 bits per heavy atom. The molecule has 1 aliphatic heterocycles. The van der Waals surface area contributed by atoms with Crippen LogP contribution in [0.25, 0.3) is 55.5 Å². The Morgan fingerprint density at radius 1 is 0.596 bits per heavy atom. The van der Waals surface area contributed by atoms with Crippen LogP contribution in [0.2, 0.25) is 0 Å². The van der Waals surface area contributed by atoms with E-state index in [9.17, 15) is 5.48 Å². The molecular weight excluding hydrogens is 578 g/mol. The number of hydrogen-bond acceptors (Lipinski definition) is 5. The SMILES string of the molecule is [2H]c1c([2H])c([2H])c2c(c1[2H])c1c([2H])c([2H])c([2H])c([2H])c1n2-c1nc(N2c3cnccc3C3(C)CCCCC23C)nc(-n2c3c([2H])c([2H])c([2H])c([2H])c3c3c([2H])c([2H])c([2H])c([2H])c32)n1. The number of nitrogens with zero attached hydrogens (tertiary/aromatic N) is 7. The maximum atomic E-state index is 9.20. The van der Waals surface area contributed by atoms with Gasteiger partial charge in [0.05, 0.1) is 61.4 Å². The first kappa shape index (κ1) is 15.4. The highest BCUT2D eigenvalue weighted by molar-refractivity contribution is 6.10. The van der Waals surface area contributed by atoms with Crippen molar-refractivity contribution in [1.29, 1.82) is 0 Å². The van der Waals surface area contributed by atoms with E-state index in [1.165, 1.54) is 0 Å². The molecule has 0 N–H and O–H groups in total. The monoisotopic (exact) mass is 627 g/mol. The summed E-state index contributed by atoms with van der Waals surface area (Å²) >= 11 is 0. The summed E-state index contributed by atoms with van der Waals surface area (Å²) < 4.78 is 144. The van der Waals surface area contributed by atoms with E-state index in [2.05, 4.69) is 18.8 Å². The third-order valence-corrected chi connectivity index (χ3v) is 10.2. The molecule has 1 saturated carbocycles. The minimum absolute atomic E-state index is 0.0919. The van der Waals surface area contributed by atoms with E-state index in [1.807, 2.05) is 11.0 Å². The molecule has 0 bridgehead atoms. The molecular formula is C40H33N7. The fourth-order valence-corrected chi connectivity index (χ4v) is 7.79. The molecule has 4 aromatic carbocycles. The van der Waals surface area contributed by atoms with Crippen molar-refractivity contribution >= 4 is 55.2 Å². The van der Waals surface area contributed by atoms with E-state index in [4.69, 9.17) is 31.4 Å². The molecule has 47 heavy (non-hydrogen) atoms. The Balaban J connectivity index is 1.46. The molecule has 0 spiro atoms. The maximum absolute atomic E-state index is 9.20. The molecule has 228 valence electrons. The number of hydrogen-bond donors (Lipinski definition) is 0. The fourth-order valence-electron chi connectivity index (χ4n) is 7.79. The summed E-state index contributed by atoms with van der Waals surface area (Å²) in [5.74, 6) is -0.953. The van der Waals surface area contributed by atoms with Crippen LogP contribution in [0.5, 0.6) is 0 Å². The lowest BCUT2D eigenvalue weighted by atomic mass is 9.62. The van der Waals surface area contributed by atoms with Crippen LogP contribution in [0.4, 0.5) is 11.6 Å². The van der Waals surface area contributed by atoms with Crippen molar-refractivity contribution in [2.45, 2.75) is 50.5 Å². The molecule has 2 aliphatic rings. The fraction of sp³-hybridized carbons (Fsp3) is 0.200. The maximum Gasteiger partial charge on any atom is 0.241 e. The molecule has 4 aromatic heterocycles. The highest BCUT2D eigenvalue weighted by Gasteiger charge is 2.58. The summed E-state index contributed by atoms with van der Waals surface area (Å²) in [5, 5.41) is -0.966. The second-order valence-corrected chi connectivity index (χ2v) is 12.3. The minimum atomic E-state index is -0.770. The second kappa shape index (κ2) is 9.48. The van der Waals surface area contributed by atoms with Crippen molar-refractivity contribution in [2.24, 2.45) is 0 Å². The van der Waals surface area contributed by atoms with Gasteiger partial charge in [0.15, 0.2) is 0 Å². The van der Waals surface area contributed by atoms with Crippen molar-refractivity contribution in [1.82, 2.24) is 29.1 Å². The first-order valence-electron chi connectivity index (χ1n) is 23.2. The van der Waals surface area contributed by atoms with Gasteiger partial charge in [0, 0.05) is 33.2 Å². The molecule has 1 fully saturated rings. The van der Waals surface area contributed by atoms with Crippen molar-refractivity contribution in [3.05, 3.63) is 121 Å². The highest BCUT2D eigenvalue weighted by atomic mass is 15.4. The minimum Gasteiger partial charge on any atom is -0.302 e. The van der Waals surface area contributed by atoms with Crippen LogP contribution in [0.15, 0.2) is 115 Å². The summed E-state index contributed by atoms with van der Waals surface area (Å²) in [5.41, 5.74) is -0.916.